The van der Waals surface area contributed by atoms with Crippen LogP contribution in [0.2, 0.25) is 0 Å². The van der Waals surface area contributed by atoms with Gasteiger partial charge in [0.25, 0.3) is 0 Å². The van der Waals surface area contributed by atoms with Crippen molar-refractivity contribution in [2.75, 3.05) is 0 Å². The highest BCUT2D eigenvalue weighted by molar-refractivity contribution is 5.70. The molecule has 0 amide bonds. The number of aliphatic carboxylic acids is 1. The molecule has 2 heteroatoms. The van der Waals surface area contributed by atoms with E-state index in [2.05, 4.69) is 20.8 Å². The molecule has 0 fully saturated rings. The lowest BCUT2D eigenvalue weighted by atomic mass is 9.79. The molecule has 0 aliphatic heterocycles. The summed E-state index contributed by atoms with van der Waals surface area (Å²) in [6, 6.07) is 0. The van der Waals surface area contributed by atoms with Gasteiger partial charge in [-0.3, -0.25) is 4.79 Å². The Morgan fingerprint density at radius 2 is 1.85 bits per heavy atom. The highest BCUT2D eigenvalue weighted by Gasteiger charge is 2.26. The second kappa shape index (κ2) is 4.64. The Morgan fingerprint density at radius 3 is 2.08 bits per heavy atom. The van der Waals surface area contributed by atoms with E-state index in [0.29, 0.717) is 0 Å². The number of carboxylic acids is 1. The molecule has 2 nitrogen and oxygen atoms in total. The van der Waals surface area contributed by atoms with Crippen LogP contribution in [0.1, 0.15) is 47.5 Å². The highest BCUT2D eigenvalue weighted by atomic mass is 16.4. The summed E-state index contributed by atoms with van der Waals surface area (Å²) in [5.41, 5.74) is 0.224. The first-order valence-electron chi connectivity index (χ1n) is 5.00. The van der Waals surface area contributed by atoms with E-state index in [0.717, 1.165) is 12.8 Å². The first-order chi connectivity index (χ1) is 5.78. The molecule has 78 valence electrons. The van der Waals surface area contributed by atoms with Crippen molar-refractivity contribution in [3.8, 4) is 0 Å². The quantitative estimate of drug-likeness (QED) is 0.732. The first kappa shape index (κ1) is 12.5. The van der Waals surface area contributed by atoms with Gasteiger partial charge in [-0.1, -0.05) is 34.6 Å². The summed E-state index contributed by atoms with van der Waals surface area (Å²) in [7, 11) is 0. The summed E-state index contributed by atoms with van der Waals surface area (Å²) in [6.45, 7) is 10.4. The molecule has 0 heterocycles. The average Bonchev–Trinajstić information content (AvgIpc) is 1.82. The zero-order valence-electron chi connectivity index (χ0n) is 9.42. The molecule has 1 N–H and O–H groups in total. The van der Waals surface area contributed by atoms with Crippen LogP contribution in [-0.4, -0.2) is 11.1 Å². The average molecular weight is 186 g/mol. The fourth-order valence-corrected chi connectivity index (χ4v) is 1.93. The summed E-state index contributed by atoms with van der Waals surface area (Å²) in [5, 5.41) is 8.94. The van der Waals surface area contributed by atoms with Crippen molar-refractivity contribution < 1.29 is 9.90 Å². The van der Waals surface area contributed by atoms with Gasteiger partial charge in [0, 0.05) is 0 Å². The van der Waals surface area contributed by atoms with Crippen LogP contribution in [0.4, 0.5) is 0 Å². The topological polar surface area (TPSA) is 37.3 Å². The van der Waals surface area contributed by atoms with Crippen LogP contribution in [0.5, 0.6) is 0 Å². The van der Waals surface area contributed by atoms with Crippen molar-refractivity contribution in [2.24, 2.45) is 17.3 Å². The minimum Gasteiger partial charge on any atom is -0.481 e. The van der Waals surface area contributed by atoms with E-state index in [1.54, 1.807) is 0 Å². The number of hydrogen-bond acceptors (Lipinski definition) is 1. The van der Waals surface area contributed by atoms with E-state index in [9.17, 15) is 4.79 Å². The predicted molar refractivity (Wildman–Crippen MR) is 54.7 cm³/mol. The summed E-state index contributed by atoms with van der Waals surface area (Å²) in [5.74, 6) is -0.569. The lowest BCUT2D eigenvalue weighted by Crippen LogP contribution is -2.24. The molecule has 0 radical (unpaired) electrons. The van der Waals surface area contributed by atoms with Gasteiger partial charge < -0.3 is 5.11 Å². The van der Waals surface area contributed by atoms with Gasteiger partial charge in [-0.15, -0.1) is 0 Å². The summed E-state index contributed by atoms with van der Waals surface area (Å²) in [4.78, 5) is 10.9. The molecular weight excluding hydrogens is 164 g/mol. The molecule has 13 heavy (non-hydrogen) atoms. The monoisotopic (exact) mass is 186 g/mol. The molecular formula is C11H22O2. The Hall–Kier alpha value is -0.530. The highest BCUT2D eigenvalue weighted by Crippen LogP contribution is 2.30. The third kappa shape index (κ3) is 4.91. The van der Waals surface area contributed by atoms with Gasteiger partial charge in [0.1, 0.15) is 0 Å². The fourth-order valence-electron chi connectivity index (χ4n) is 1.93. The second-order valence-electron chi connectivity index (χ2n) is 5.10. The molecule has 0 aromatic rings. The van der Waals surface area contributed by atoms with Crippen molar-refractivity contribution >= 4 is 5.97 Å². The van der Waals surface area contributed by atoms with Gasteiger partial charge in [0.15, 0.2) is 0 Å². The molecule has 0 aromatic carbocycles. The first-order valence-corrected chi connectivity index (χ1v) is 5.00. The van der Waals surface area contributed by atoms with Crippen LogP contribution in [0.3, 0.4) is 0 Å². The van der Waals surface area contributed by atoms with Gasteiger partial charge >= 0.3 is 5.97 Å². The van der Waals surface area contributed by atoms with Crippen molar-refractivity contribution in [2.45, 2.75) is 47.5 Å². The molecule has 2 unspecified atom stereocenters. The number of carbonyl (C=O) groups is 1. The zero-order valence-corrected chi connectivity index (χ0v) is 9.42. The van der Waals surface area contributed by atoms with E-state index in [-0.39, 0.29) is 17.3 Å². The van der Waals surface area contributed by atoms with Gasteiger partial charge in [0.2, 0.25) is 0 Å². The van der Waals surface area contributed by atoms with E-state index < -0.39 is 5.97 Å². The molecule has 0 aromatic heterocycles. The Morgan fingerprint density at radius 1 is 1.38 bits per heavy atom. The maximum atomic E-state index is 10.9. The van der Waals surface area contributed by atoms with Crippen LogP contribution in [0.25, 0.3) is 0 Å². The lowest BCUT2D eigenvalue weighted by Gasteiger charge is -2.26. The number of hydrogen-bond donors (Lipinski definition) is 1. The Balaban J connectivity index is 4.22. The van der Waals surface area contributed by atoms with E-state index in [4.69, 9.17) is 5.11 Å². The molecule has 0 aliphatic carbocycles. The molecule has 0 saturated carbocycles. The third-order valence-electron chi connectivity index (χ3n) is 2.38. The van der Waals surface area contributed by atoms with E-state index >= 15 is 0 Å². The second-order valence-corrected chi connectivity index (χ2v) is 5.10. The predicted octanol–water partition coefficient (Wildman–Crippen LogP) is 3.17. The summed E-state index contributed by atoms with van der Waals surface area (Å²) >= 11 is 0. The molecule has 2 atom stereocenters. The molecule has 0 bridgehead atoms. The SMILES string of the molecule is CCC(C(=O)O)C(C)CC(C)(C)C. The summed E-state index contributed by atoms with van der Waals surface area (Å²) < 4.78 is 0. The summed E-state index contributed by atoms with van der Waals surface area (Å²) in [6.07, 6.45) is 1.70. The maximum Gasteiger partial charge on any atom is 0.306 e. The minimum absolute atomic E-state index is 0.181. The smallest absolute Gasteiger partial charge is 0.306 e. The molecule has 0 aliphatic rings. The molecule has 0 spiro atoms. The van der Waals surface area contributed by atoms with Gasteiger partial charge in [0.05, 0.1) is 5.92 Å². The standard InChI is InChI=1S/C11H22O2/c1-6-9(10(12)13)8(2)7-11(3,4)5/h8-9H,6-7H2,1-5H3,(H,12,13). The number of rotatable bonds is 4. The molecule has 0 rings (SSSR count). The van der Waals surface area contributed by atoms with Gasteiger partial charge in [-0.2, -0.15) is 0 Å². The van der Waals surface area contributed by atoms with Crippen molar-refractivity contribution in [3.63, 3.8) is 0 Å². The largest absolute Gasteiger partial charge is 0.481 e. The Bertz CT molecular complexity index is 167. The van der Waals surface area contributed by atoms with Crippen LogP contribution in [0.15, 0.2) is 0 Å². The van der Waals surface area contributed by atoms with Crippen LogP contribution in [0, 0.1) is 17.3 Å². The van der Waals surface area contributed by atoms with Crippen LogP contribution >= 0.6 is 0 Å². The van der Waals surface area contributed by atoms with E-state index in [1.807, 2.05) is 13.8 Å². The van der Waals surface area contributed by atoms with Crippen LogP contribution in [-0.2, 0) is 4.79 Å². The minimum atomic E-state index is -0.653. The van der Waals surface area contributed by atoms with Crippen molar-refractivity contribution in [1.29, 1.82) is 0 Å². The maximum absolute atomic E-state index is 10.9. The third-order valence-corrected chi connectivity index (χ3v) is 2.38. The zero-order chi connectivity index (χ0) is 10.6. The van der Waals surface area contributed by atoms with Crippen molar-refractivity contribution in [1.82, 2.24) is 0 Å². The lowest BCUT2D eigenvalue weighted by molar-refractivity contribution is -0.143. The van der Waals surface area contributed by atoms with Crippen molar-refractivity contribution in [3.05, 3.63) is 0 Å². The normalized spacial score (nSPS) is 16.7. The Labute approximate surface area is 81.3 Å². The molecule has 0 saturated heterocycles. The van der Waals surface area contributed by atoms with Gasteiger partial charge in [-0.25, -0.2) is 0 Å². The van der Waals surface area contributed by atoms with E-state index in [1.165, 1.54) is 0 Å². The van der Waals surface area contributed by atoms with Gasteiger partial charge in [-0.05, 0) is 24.2 Å². The fraction of sp³-hybridized carbons (Fsp3) is 0.909. The van der Waals surface area contributed by atoms with Crippen LogP contribution < -0.4 is 0 Å². The number of carboxylic acid groups (broad SMARTS) is 1. The Kier molecular flexibility index (Phi) is 4.45.